The fraction of sp³-hybridized carbons (Fsp3) is 0.655. The van der Waals surface area contributed by atoms with E-state index in [0.717, 1.165) is 82.2 Å². The lowest BCUT2D eigenvalue weighted by atomic mass is 9.78. The zero-order valence-corrected chi connectivity index (χ0v) is 21.4. The van der Waals surface area contributed by atoms with Crippen LogP contribution in [0.3, 0.4) is 0 Å². The van der Waals surface area contributed by atoms with Crippen molar-refractivity contribution in [1.82, 2.24) is 19.7 Å². The van der Waals surface area contributed by atoms with Crippen LogP contribution in [0, 0.1) is 5.92 Å². The van der Waals surface area contributed by atoms with Crippen molar-refractivity contribution >= 4 is 16.8 Å². The number of para-hydroxylation sites is 1. The van der Waals surface area contributed by atoms with Crippen LogP contribution in [0.2, 0.25) is 0 Å². The van der Waals surface area contributed by atoms with Crippen LogP contribution >= 0.6 is 0 Å². The lowest BCUT2D eigenvalue weighted by Gasteiger charge is -2.51. The predicted molar refractivity (Wildman–Crippen MR) is 141 cm³/mol. The maximum atomic E-state index is 14.0. The summed E-state index contributed by atoms with van der Waals surface area (Å²) in [7, 11) is 2.20. The molecule has 190 valence electrons. The van der Waals surface area contributed by atoms with Gasteiger partial charge in [0.2, 0.25) is 5.91 Å². The second kappa shape index (κ2) is 10.8. The summed E-state index contributed by atoms with van der Waals surface area (Å²) in [5.41, 5.74) is 1.53. The van der Waals surface area contributed by atoms with Crippen molar-refractivity contribution in [3.63, 3.8) is 0 Å². The average molecular weight is 479 g/mol. The number of nitrogens with zero attached hydrogens (tertiary/aromatic N) is 3. The number of fused-ring (bicyclic) bond motifs is 1. The van der Waals surface area contributed by atoms with Crippen molar-refractivity contribution in [2.24, 2.45) is 5.92 Å². The second-order valence-corrected chi connectivity index (χ2v) is 11.3. The number of carbonyl (C=O) groups is 1. The number of nitrogens with one attached hydrogen (secondary N) is 1. The molecule has 2 saturated carbocycles. The average Bonchev–Trinajstić information content (AvgIpc) is 2.89. The number of pyridine rings is 1. The Morgan fingerprint density at radius 3 is 2.43 bits per heavy atom. The highest BCUT2D eigenvalue weighted by molar-refractivity contribution is 5.80. The quantitative estimate of drug-likeness (QED) is 0.669. The minimum atomic E-state index is -0.0672. The van der Waals surface area contributed by atoms with E-state index in [0.29, 0.717) is 12.1 Å². The summed E-state index contributed by atoms with van der Waals surface area (Å²) in [4.78, 5) is 37.3. The molecule has 2 aliphatic carbocycles. The molecule has 1 saturated heterocycles. The number of rotatable bonds is 6. The number of hydrogen-bond acceptors (Lipinski definition) is 4. The van der Waals surface area contributed by atoms with Gasteiger partial charge in [-0.1, -0.05) is 56.7 Å². The topological polar surface area (TPSA) is 59.6 Å². The molecule has 35 heavy (non-hydrogen) atoms. The van der Waals surface area contributed by atoms with E-state index in [1.54, 1.807) is 0 Å². The van der Waals surface area contributed by atoms with Crippen molar-refractivity contribution in [2.45, 2.75) is 76.3 Å². The number of benzene rings is 1. The van der Waals surface area contributed by atoms with E-state index in [9.17, 15) is 9.59 Å². The van der Waals surface area contributed by atoms with Crippen LogP contribution in [-0.2, 0) is 11.3 Å². The maximum Gasteiger partial charge on any atom is 0.253 e. The van der Waals surface area contributed by atoms with E-state index < -0.39 is 0 Å². The van der Waals surface area contributed by atoms with Gasteiger partial charge in [0.1, 0.15) is 0 Å². The lowest BCUT2D eigenvalue weighted by molar-refractivity contribution is -0.140. The van der Waals surface area contributed by atoms with E-state index in [4.69, 9.17) is 0 Å². The SMILES string of the molecule is CN1CCN(C2(CN(Cc3cc4ccccc4[nH]c3=O)C(=O)C3CCCCC3)CCCCC2)CC1. The van der Waals surface area contributed by atoms with E-state index in [1.807, 2.05) is 30.3 Å². The van der Waals surface area contributed by atoms with Gasteiger partial charge in [-0.05, 0) is 50.2 Å². The zero-order valence-electron chi connectivity index (χ0n) is 21.4. The highest BCUT2D eigenvalue weighted by Crippen LogP contribution is 2.36. The molecule has 3 fully saturated rings. The molecule has 2 aromatic rings. The summed E-state index contributed by atoms with van der Waals surface area (Å²) in [5, 5.41) is 1.03. The molecule has 1 amide bonds. The minimum absolute atomic E-state index is 0.0352. The van der Waals surface area contributed by atoms with Crippen molar-refractivity contribution in [3.8, 4) is 0 Å². The van der Waals surface area contributed by atoms with E-state index in [1.165, 1.54) is 25.7 Å². The van der Waals surface area contributed by atoms with Crippen LogP contribution in [0.4, 0.5) is 0 Å². The van der Waals surface area contributed by atoms with Gasteiger partial charge >= 0.3 is 0 Å². The van der Waals surface area contributed by atoms with Crippen LogP contribution in [0.5, 0.6) is 0 Å². The van der Waals surface area contributed by atoms with E-state index in [2.05, 4.69) is 26.7 Å². The third kappa shape index (κ3) is 5.49. The number of H-pyrrole nitrogens is 1. The van der Waals surface area contributed by atoms with Crippen molar-refractivity contribution in [3.05, 3.63) is 46.2 Å². The van der Waals surface area contributed by atoms with Gasteiger partial charge in [0.15, 0.2) is 0 Å². The van der Waals surface area contributed by atoms with Gasteiger partial charge in [0, 0.05) is 55.3 Å². The minimum Gasteiger partial charge on any atom is -0.336 e. The van der Waals surface area contributed by atoms with Crippen molar-refractivity contribution in [2.75, 3.05) is 39.8 Å². The van der Waals surface area contributed by atoms with Gasteiger partial charge in [0.05, 0.1) is 6.54 Å². The van der Waals surface area contributed by atoms with E-state index in [-0.39, 0.29) is 22.9 Å². The smallest absolute Gasteiger partial charge is 0.253 e. The molecule has 3 aliphatic rings. The van der Waals surface area contributed by atoms with Gasteiger partial charge in [-0.25, -0.2) is 0 Å². The molecule has 0 unspecified atom stereocenters. The summed E-state index contributed by atoms with van der Waals surface area (Å²) in [6.45, 7) is 5.46. The van der Waals surface area contributed by atoms with Gasteiger partial charge in [0.25, 0.3) is 5.56 Å². The second-order valence-electron chi connectivity index (χ2n) is 11.3. The van der Waals surface area contributed by atoms with Crippen LogP contribution in [0.15, 0.2) is 35.1 Å². The number of carbonyl (C=O) groups excluding carboxylic acids is 1. The summed E-state index contributed by atoms with van der Waals surface area (Å²) in [5.74, 6) is 0.382. The lowest BCUT2D eigenvalue weighted by Crippen LogP contribution is -2.62. The largest absolute Gasteiger partial charge is 0.336 e. The number of piperazine rings is 1. The number of aromatic amines is 1. The fourth-order valence-electron chi connectivity index (χ4n) is 6.76. The maximum absolute atomic E-state index is 14.0. The van der Waals surface area contributed by atoms with Crippen molar-refractivity contribution < 1.29 is 4.79 Å². The molecule has 5 rings (SSSR count). The van der Waals surface area contributed by atoms with Gasteiger partial charge in [-0.15, -0.1) is 0 Å². The first-order valence-corrected chi connectivity index (χ1v) is 13.9. The van der Waals surface area contributed by atoms with Crippen LogP contribution in [-0.4, -0.2) is 70.9 Å². The Labute approximate surface area is 209 Å². The summed E-state index contributed by atoms with van der Waals surface area (Å²) < 4.78 is 0. The number of likely N-dealkylation sites (N-methyl/N-ethyl adjacent to an activating group) is 1. The first-order chi connectivity index (χ1) is 17.0. The van der Waals surface area contributed by atoms with Crippen LogP contribution < -0.4 is 5.56 Å². The Morgan fingerprint density at radius 1 is 1.00 bits per heavy atom. The Kier molecular flexibility index (Phi) is 7.59. The standard InChI is InChI=1S/C29H42N4O2/c1-31-16-18-33(19-17-31)29(14-8-3-9-15-29)22-32(28(35)23-10-4-2-5-11-23)21-25-20-24-12-6-7-13-26(24)30-27(25)34/h6-7,12-13,20,23H,2-5,8-11,14-19,21-22H2,1H3,(H,30,34). The fourth-order valence-corrected chi connectivity index (χ4v) is 6.76. The van der Waals surface area contributed by atoms with Gasteiger partial charge < -0.3 is 14.8 Å². The van der Waals surface area contributed by atoms with Gasteiger partial charge in [-0.3, -0.25) is 14.5 Å². The molecule has 6 nitrogen and oxygen atoms in total. The molecule has 1 aromatic heterocycles. The third-order valence-electron chi connectivity index (χ3n) is 8.90. The van der Waals surface area contributed by atoms with Gasteiger partial charge in [-0.2, -0.15) is 0 Å². The molecule has 2 heterocycles. The van der Waals surface area contributed by atoms with E-state index >= 15 is 0 Å². The van der Waals surface area contributed by atoms with Crippen molar-refractivity contribution in [1.29, 1.82) is 0 Å². The Morgan fingerprint density at radius 2 is 1.69 bits per heavy atom. The molecule has 0 radical (unpaired) electrons. The van der Waals surface area contributed by atoms with Crippen LogP contribution in [0.25, 0.3) is 10.9 Å². The molecular formula is C29H42N4O2. The Balaban J connectivity index is 1.46. The molecule has 0 atom stereocenters. The summed E-state index contributed by atoms with van der Waals surface area (Å²) in [6, 6.07) is 9.92. The highest BCUT2D eigenvalue weighted by Gasteiger charge is 2.42. The van der Waals surface area contributed by atoms with Crippen LogP contribution in [0.1, 0.15) is 69.8 Å². The molecule has 0 spiro atoms. The summed E-state index contributed by atoms with van der Waals surface area (Å²) in [6.07, 6.45) is 11.6. The molecule has 1 N–H and O–H groups in total. The normalized spacial score (nSPS) is 22.3. The Hall–Kier alpha value is -2.18. The zero-order chi connectivity index (χ0) is 24.3. The monoisotopic (exact) mass is 478 g/mol. The first kappa shape index (κ1) is 24.5. The third-order valence-corrected chi connectivity index (χ3v) is 8.90. The number of aromatic nitrogens is 1. The first-order valence-electron chi connectivity index (χ1n) is 13.9. The molecule has 6 heteroatoms. The summed E-state index contributed by atoms with van der Waals surface area (Å²) >= 11 is 0. The highest BCUT2D eigenvalue weighted by atomic mass is 16.2. The molecule has 0 bridgehead atoms. The molecular weight excluding hydrogens is 436 g/mol. The predicted octanol–water partition coefficient (Wildman–Crippen LogP) is 4.39. The molecule has 1 aliphatic heterocycles. The Bertz CT molecular complexity index is 1060. The number of amides is 1. The molecule has 1 aromatic carbocycles. The number of hydrogen-bond donors (Lipinski definition) is 1.